The molecule has 0 radical (unpaired) electrons. The Balaban J connectivity index is 1.41. The first-order valence-electron chi connectivity index (χ1n) is 10.7. The SMILES string of the molecule is CC(C)CN1CCOC(CNC(=O)CN2CCCC2C(=O)N2CCSCC2)C1. The number of amides is 2. The maximum atomic E-state index is 12.8. The third-order valence-electron chi connectivity index (χ3n) is 5.69. The van der Waals surface area contributed by atoms with Crippen molar-refractivity contribution >= 4 is 23.6 Å². The molecule has 3 rings (SSSR count). The first-order chi connectivity index (χ1) is 13.5. The van der Waals surface area contributed by atoms with Gasteiger partial charge < -0.3 is 15.0 Å². The highest BCUT2D eigenvalue weighted by molar-refractivity contribution is 7.99. The van der Waals surface area contributed by atoms with Crippen molar-refractivity contribution in [2.45, 2.75) is 38.8 Å². The smallest absolute Gasteiger partial charge is 0.239 e. The van der Waals surface area contributed by atoms with Crippen LogP contribution in [0, 0.1) is 5.92 Å². The number of thioether (sulfide) groups is 1. The molecule has 2 unspecified atom stereocenters. The highest BCUT2D eigenvalue weighted by Crippen LogP contribution is 2.21. The van der Waals surface area contributed by atoms with Crippen LogP contribution in [-0.4, -0.2) is 109 Å². The number of nitrogens with zero attached hydrogens (tertiary/aromatic N) is 3. The van der Waals surface area contributed by atoms with Gasteiger partial charge in [0.15, 0.2) is 0 Å². The summed E-state index contributed by atoms with van der Waals surface area (Å²) in [6.07, 6.45) is 1.91. The molecule has 0 spiro atoms. The lowest BCUT2D eigenvalue weighted by molar-refractivity contribution is -0.136. The highest BCUT2D eigenvalue weighted by atomic mass is 32.2. The molecule has 3 aliphatic heterocycles. The van der Waals surface area contributed by atoms with Gasteiger partial charge in [0, 0.05) is 50.8 Å². The molecule has 0 aromatic carbocycles. The average molecular weight is 413 g/mol. The van der Waals surface area contributed by atoms with Crippen LogP contribution in [0.5, 0.6) is 0 Å². The first-order valence-corrected chi connectivity index (χ1v) is 11.9. The Morgan fingerprint density at radius 2 is 1.96 bits per heavy atom. The van der Waals surface area contributed by atoms with Crippen LogP contribution in [0.2, 0.25) is 0 Å². The van der Waals surface area contributed by atoms with Gasteiger partial charge in [-0.15, -0.1) is 0 Å². The molecule has 0 aliphatic carbocycles. The van der Waals surface area contributed by atoms with E-state index in [0.717, 1.165) is 70.2 Å². The van der Waals surface area contributed by atoms with E-state index >= 15 is 0 Å². The number of hydrogen-bond donors (Lipinski definition) is 1. The van der Waals surface area contributed by atoms with Gasteiger partial charge in [-0.05, 0) is 25.3 Å². The van der Waals surface area contributed by atoms with Gasteiger partial charge in [0.1, 0.15) is 0 Å². The zero-order valence-electron chi connectivity index (χ0n) is 17.4. The van der Waals surface area contributed by atoms with Crippen molar-refractivity contribution in [3.05, 3.63) is 0 Å². The van der Waals surface area contributed by atoms with Crippen LogP contribution >= 0.6 is 11.8 Å². The summed E-state index contributed by atoms with van der Waals surface area (Å²) in [5, 5.41) is 3.03. The maximum absolute atomic E-state index is 12.8. The van der Waals surface area contributed by atoms with Gasteiger partial charge in [-0.2, -0.15) is 11.8 Å². The minimum Gasteiger partial charge on any atom is -0.374 e. The van der Waals surface area contributed by atoms with E-state index < -0.39 is 0 Å². The fourth-order valence-electron chi connectivity index (χ4n) is 4.34. The second kappa shape index (κ2) is 10.8. The fourth-order valence-corrected chi connectivity index (χ4v) is 5.25. The number of morpholine rings is 1. The summed E-state index contributed by atoms with van der Waals surface area (Å²) in [6.45, 7) is 11.4. The number of carbonyl (C=O) groups excluding carboxylic acids is 2. The molecule has 0 saturated carbocycles. The third-order valence-corrected chi connectivity index (χ3v) is 6.63. The Kier molecular flexibility index (Phi) is 8.44. The first kappa shape index (κ1) is 21.9. The molecule has 28 heavy (non-hydrogen) atoms. The van der Waals surface area contributed by atoms with Gasteiger partial charge in [0.05, 0.1) is 25.3 Å². The summed E-state index contributed by atoms with van der Waals surface area (Å²) in [5.41, 5.74) is 0. The number of ether oxygens (including phenoxy) is 1. The van der Waals surface area contributed by atoms with Gasteiger partial charge >= 0.3 is 0 Å². The molecule has 7 nitrogen and oxygen atoms in total. The summed E-state index contributed by atoms with van der Waals surface area (Å²) in [6, 6.07) is -0.124. The Labute approximate surface area is 173 Å². The Morgan fingerprint density at radius 3 is 2.71 bits per heavy atom. The zero-order valence-corrected chi connectivity index (χ0v) is 18.2. The van der Waals surface area contributed by atoms with Crippen LogP contribution in [0.3, 0.4) is 0 Å². The minimum absolute atomic E-state index is 0.00140. The summed E-state index contributed by atoms with van der Waals surface area (Å²) < 4.78 is 5.82. The number of carbonyl (C=O) groups is 2. The van der Waals surface area contributed by atoms with Crippen LogP contribution in [0.4, 0.5) is 0 Å². The topological polar surface area (TPSA) is 65.1 Å². The molecule has 0 aromatic rings. The van der Waals surface area contributed by atoms with E-state index in [1.54, 1.807) is 0 Å². The quantitative estimate of drug-likeness (QED) is 0.657. The molecule has 3 fully saturated rings. The van der Waals surface area contributed by atoms with E-state index in [-0.39, 0.29) is 24.0 Å². The van der Waals surface area contributed by atoms with Crippen LogP contribution in [0.15, 0.2) is 0 Å². The molecule has 3 saturated heterocycles. The van der Waals surface area contributed by atoms with Crippen LogP contribution in [-0.2, 0) is 14.3 Å². The lowest BCUT2D eigenvalue weighted by atomic mass is 10.1. The largest absolute Gasteiger partial charge is 0.374 e. The third kappa shape index (κ3) is 6.34. The molecule has 0 aromatic heterocycles. The fraction of sp³-hybridized carbons (Fsp3) is 0.900. The van der Waals surface area contributed by atoms with E-state index in [9.17, 15) is 9.59 Å². The predicted octanol–water partition coefficient (Wildman–Crippen LogP) is 0.499. The number of nitrogens with one attached hydrogen (secondary N) is 1. The Morgan fingerprint density at radius 1 is 1.18 bits per heavy atom. The minimum atomic E-state index is -0.124. The number of hydrogen-bond acceptors (Lipinski definition) is 6. The molecule has 3 aliphatic rings. The van der Waals surface area contributed by atoms with Crippen molar-refractivity contribution in [2.24, 2.45) is 5.92 Å². The normalized spacial score (nSPS) is 27.3. The monoisotopic (exact) mass is 412 g/mol. The summed E-state index contributed by atoms with van der Waals surface area (Å²) in [4.78, 5) is 31.8. The van der Waals surface area contributed by atoms with Crippen molar-refractivity contribution in [2.75, 3.05) is 70.5 Å². The second-order valence-corrected chi connectivity index (χ2v) is 9.74. The Hall–Kier alpha value is -0.830. The van der Waals surface area contributed by atoms with Crippen LogP contribution in [0.25, 0.3) is 0 Å². The van der Waals surface area contributed by atoms with Crippen molar-refractivity contribution < 1.29 is 14.3 Å². The molecule has 160 valence electrons. The van der Waals surface area contributed by atoms with Crippen molar-refractivity contribution in [1.29, 1.82) is 0 Å². The van der Waals surface area contributed by atoms with Crippen LogP contribution in [0.1, 0.15) is 26.7 Å². The van der Waals surface area contributed by atoms with E-state index in [2.05, 4.69) is 29.0 Å². The highest BCUT2D eigenvalue weighted by Gasteiger charge is 2.35. The van der Waals surface area contributed by atoms with Gasteiger partial charge in [0.25, 0.3) is 0 Å². The van der Waals surface area contributed by atoms with Gasteiger partial charge in [-0.3, -0.25) is 19.4 Å². The van der Waals surface area contributed by atoms with Gasteiger partial charge in [0.2, 0.25) is 11.8 Å². The lowest BCUT2D eigenvalue weighted by Gasteiger charge is -2.34. The summed E-state index contributed by atoms with van der Waals surface area (Å²) >= 11 is 1.91. The number of likely N-dealkylation sites (tertiary alicyclic amines) is 1. The lowest BCUT2D eigenvalue weighted by Crippen LogP contribution is -2.52. The van der Waals surface area contributed by atoms with Crippen molar-refractivity contribution in [3.8, 4) is 0 Å². The van der Waals surface area contributed by atoms with Crippen molar-refractivity contribution in [3.63, 3.8) is 0 Å². The molecular weight excluding hydrogens is 376 g/mol. The van der Waals surface area contributed by atoms with E-state index in [1.807, 2.05) is 16.7 Å². The number of rotatable bonds is 7. The van der Waals surface area contributed by atoms with Crippen molar-refractivity contribution in [1.82, 2.24) is 20.0 Å². The Bertz CT molecular complexity index is 528. The molecular formula is C20H36N4O3S. The molecule has 3 heterocycles. The second-order valence-electron chi connectivity index (χ2n) is 8.52. The predicted molar refractivity (Wildman–Crippen MR) is 113 cm³/mol. The maximum Gasteiger partial charge on any atom is 0.239 e. The standard InChI is InChI=1S/C20H36N4O3S/c1-16(2)13-22-6-9-27-17(14-22)12-21-19(25)15-24-5-3-4-18(24)20(26)23-7-10-28-11-8-23/h16-18H,3-15H2,1-2H3,(H,21,25). The zero-order chi connectivity index (χ0) is 19.9. The van der Waals surface area contributed by atoms with Crippen LogP contribution < -0.4 is 5.32 Å². The summed E-state index contributed by atoms with van der Waals surface area (Å²) in [5.74, 6) is 2.89. The average Bonchev–Trinajstić information content (AvgIpc) is 3.14. The van der Waals surface area contributed by atoms with Gasteiger partial charge in [-0.25, -0.2) is 0 Å². The van der Waals surface area contributed by atoms with E-state index in [4.69, 9.17) is 4.74 Å². The van der Waals surface area contributed by atoms with E-state index in [1.165, 1.54) is 0 Å². The molecule has 0 bridgehead atoms. The molecule has 2 atom stereocenters. The summed E-state index contributed by atoms with van der Waals surface area (Å²) in [7, 11) is 0. The molecule has 1 N–H and O–H groups in total. The molecule has 8 heteroatoms. The molecule has 2 amide bonds. The van der Waals surface area contributed by atoms with Gasteiger partial charge in [-0.1, -0.05) is 13.8 Å². The van der Waals surface area contributed by atoms with E-state index in [0.29, 0.717) is 19.0 Å².